The normalized spacial score (nSPS) is 11.9. The number of benzene rings is 1. The molecule has 0 saturated heterocycles. The lowest BCUT2D eigenvalue weighted by Gasteiger charge is -2.12. The van der Waals surface area contributed by atoms with Gasteiger partial charge in [-0.25, -0.2) is 9.78 Å². The SMILES string of the molecule is Cc1ncc(C[n+]2c(O)c(-c3cccc(C(F)(F)F)c3)c(=O)n3cccc(C)c32)s1. The van der Waals surface area contributed by atoms with E-state index in [1.54, 1.807) is 25.3 Å². The number of thiazole rings is 1. The smallest absolute Gasteiger partial charge is 0.416 e. The minimum Gasteiger partial charge on any atom is -0.477 e. The summed E-state index contributed by atoms with van der Waals surface area (Å²) >= 11 is 1.44. The van der Waals surface area contributed by atoms with E-state index in [0.29, 0.717) is 5.65 Å². The second-order valence-electron chi connectivity index (χ2n) is 6.90. The Morgan fingerprint density at radius 2 is 1.97 bits per heavy atom. The molecule has 3 heterocycles. The number of hydrogen-bond donors (Lipinski definition) is 1. The molecule has 0 fully saturated rings. The molecule has 4 rings (SSSR count). The maximum atomic E-state index is 13.2. The third-order valence-corrected chi connectivity index (χ3v) is 5.69. The van der Waals surface area contributed by atoms with Gasteiger partial charge < -0.3 is 5.11 Å². The molecular weight excluding hydrogens is 415 g/mol. The predicted molar refractivity (Wildman–Crippen MR) is 107 cm³/mol. The molecular formula is C21H17F3N3O2S+. The first kappa shape index (κ1) is 20.1. The number of alkyl halides is 3. The second-order valence-corrected chi connectivity index (χ2v) is 8.22. The van der Waals surface area contributed by atoms with Crippen molar-refractivity contribution in [2.75, 3.05) is 0 Å². The van der Waals surface area contributed by atoms with Gasteiger partial charge in [-0.15, -0.1) is 11.3 Å². The lowest BCUT2D eigenvalue weighted by molar-refractivity contribution is -0.671. The lowest BCUT2D eigenvalue weighted by Crippen LogP contribution is -2.41. The number of halogens is 3. The van der Waals surface area contributed by atoms with Crippen molar-refractivity contribution in [3.05, 3.63) is 80.2 Å². The molecule has 1 aromatic carbocycles. The molecule has 4 aromatic rings. The number of aromatic nitrogens is 3. The van der Waals surface area contributed by atoms with Crippen LogP contribution in [0.4, 0.5) is 13.2 Å². The van der Waals surface area contributed by atoms with Gasteiger partial charge in [0, 0.05) is 11.8 Å². The van der Waals surface area contributed by atoms with E-state index >= 15 is 0 Å². The molecule has 0 unspecified atom stereocenters. The molecule has 0 atom stereocenters. The zero-order valence-electron chi connectivity index (χ0n) is 16.1. The highest BCUT2D eigenvalue weighted by Gasteiger charge is 2.32. The van der Waals surface area contributed by atoms with Crippen LogP contribution >= 0.6 is 11.3 Å². The van der Waals surface area contributed by atoms with Crippen molar-refractivity contribution in [3.63, 3.8) is 0 Å². The van der Waals surface area contributed by atoms with Crippen LogP contribution in [-0.4, -0.2) is 14.5 Å². The maximum absolute atomic E-state index is 13.2. The van der Waals surface area contributed by atoms with Crippen LogP contribution in [-0.2, 0) is 12.7 Å². The molecule has 0 saturated carbocycles. The quantitative estimate of drug-likeness (QED) is 0.496. The molecule has 9 heteroatoms. The average Bonchev–Trinajstić information content (AvgIpc) is 3.10. The Morgan fingerprint density at radius 3 is 2.63 bits per heavy atom. The van der Waals surface area contributed by atoms with Gasteiger partial charge in [0.05, 0.1) is 21.6 Å². The fourth-order valence-electron chi connectivity index (χ4n) is 3.45. The molecule has 1 N–H and O–H groups in total. The molecule has 30 heavy (non-hydrogen) atoms. The van der Waals surface area contributed by atoms with Crippen LogP contribution in [0.3, 0.4) is 0 Å². The fraction of sp³-hybridized carbons (Fsp3) is 0.190. The summed E-state index contributed by atoms with van der Waals surface area (Å²) in [5.74, 6) is -0.389. The number of pyridine rings is 1. The van der Waals surface area contributed by atoms with Gasteiger partial charge in [0.15, 0.2) is 5.56 Å². The Hall–Kier alpha value is -3.20. The van der Waals surface area contributed by atoms with Crippen molar-refractivity contribution >= 4 is 17.0 Å². The fourth-order valence-corrected chi connectivity index (χ4v) is 4.24. The maximum Gasteiger partial charge on any atom is 0.416 e. The highest BCUT2D eigenvalue weighted by atomic mass is 32.1. The standard InChI is InChI=1S/C21H16F3N3O2S/c1-12-5-4-8-26-18(12)27(11-16-10-25-13(2)30-16)20(29)17(19(26)28)14-6-3-7-15(9-14)21(22,23)24/h3-10H,11H2,1-2H3/p+1. The molecule has 0 aliphatic rings. The van der Waals surface area contributed by atoms with Crippen molar-refractivity contribution in [2.24, 2.45) is 0 Å². The largest absolute Gasteiger partial charge is 0.477 e. The summed E-state index contributed by atoms with van der Waals surface area (Å²) in [5, 5.41) is 11.9. The van der Waals surface area contributed by atoms with Crippen LogP contribution in [0.2, 0.25) is 0 Å². The van der Waals surface area contributed by atoms with Gasteiger partial charge in [0.25, 0.3) is 11.5 Å². The third kappa shape index (κ3) is 3.45. The monoisotopic (exact) mass is 432 g/mol. The zero-order valence-corrected chi connectivity index (χ0v) is 16.9. The molecule has 0 spiro atoms. The van der Waals surface area contributed by atoms with Gasteiger partial charge in [0.2, 0.25) is 0 Å². The van der Waals surface area contributed by atoms with Crippen LogP contribution in [0.5, 0.6) is 5.88 Å². The number of aryl methyl sites for hydroxylation is 2. The lowest BCUT2D eigenvalue weighted by atomic mass is 10.0. The van der Waals surface area contributed by atoms with E-state index in [2.05, 4.69) is 4.98 Å². The van der Waals surface area contributed by atoms with Crippen molar-refractivity contribution in [1.29, 1.82) is 0 Å². The zero-order chi connectivity index (χ0) is 21.6. The predicted octanol–water partition coefficient (Wildman–Crippen LogP) is 4.10. The summed E-state index contributed by atoms with van der Waals surface area (Å²) in [6.07, 6.45) is -1.35. The number of aromatic hydroxyl groups is 1. The highest BCUT2D eigenvalue weighted by Crippen LogP contribution is 2.33. The van der Waals surface area contributed by atoms with Gasteiger partial charge in [-0.2, -0.15) is 22.1 Å². The molecule has 0 radical (unpaired) electrons. The van der Waals surface area contributed by atoms with E-state index in [1.807, 2.05) is 6.92 Å². The first-order valence-corrected chi connectivity index (χ1v) is 9.84. The highest BCUT2D eigenvalue weighted by molar-refractivity contribution is 7.11. The van der Waals surface area contributed by atoms with Crippen LogP contribution < -0.4 is 10.1 Å². The first-order chi connectivity index (χ1) is 14.2. The topological polar surface area (TPSA) is 58.5 Å². The second kappa shape index (κ2) is 7.24. The van der Waals surface area contributed by atoms with E-state index in [4.69, 9.17) is 0 Å². The molecule has 154 valence electrons. The molecule has 0 aliphatic carbocycles. The van der Waals surface area contributed by atoms with Gasteiger partial charge in [-0.1, -0.05) is 12.1 Å². The summed E-state index contributed by atoms with van der Waals surface area (Å²) < 4.78 is 42.5. The Morgan fingerprint density at radius 1 is 1.20 bits per heavy atom. The summed E-state index contributed by atoms with van der Waals surface area (Å²) in [4.78, 5) is 18.2. The Bertz CT molecular complexity index is 1330. The van der Waals surface area contributed by atoms with E-state index in [1.165, 1.54) is 38.6 Å². The van der Waals surface area contributed by atoms with E-state index < -0.39 is 17.3 Å². The van der Waals surface area contributed by atoms with Gasteiger partial charge in [-0.05, 0) is 43.7 Å². The van der Waals surface area contributed by atoms with E-state index in [0.717, 1.165) is 27.6 Å². The number of rotatable bonds is 3. The van der Waals surface area contributed by atoms with Gasteiger partial charge in [0.1, 0.15) is 6.54 Å². The molecule has 0 amide bonds. The Balaban J connectivity index is 2.03. The molecule has 0 bridgehead atoms. The number of nitrogens with zero attached hydrogens (tertiary/aromatic N) is 3. The molecule has 5 nitrogen and oxygen atoms in total. The minimum atomic E-state index is -4.56. The van der Waals surface area contributed by atoms with Crippen LogP contribution in [0.25, 0.3) is 16.8 Å². The average molecular weight is 432 g/mol. The third-order valence-electron chi connectivity index (χ3n) is 4.79. The summed E-state index contributed by atoms with van der Waals surface area (Å²) in [6.45, 7) is 3.87. The van der Waals surface area contributed by atoms with E-state index in [-0.39, 0.29) is 23.6 Å². The number of fused-ring (bicyclic) bond motifs is 1. The van der Waals surface area contributed by atoms with Crippen molar-refractivity contribution < 1.29 is 22.8 Å². The van der Waals surface area contributed by atoms with Crippen LogP contribution in [0.15, 0.2) is 53.6 Å². The molecule has 3 aromatic heterocycles. The molecule has 0 aliphatic heterocycles. The van der Waals surface area contributed by atoms with Crippen LogP contribution in [0.1, 0.15) is 21.0 Å². The van der Waals surface area contributed by atoms with Gasteiger partial charge in [-0.3, -0.25) is 0 Å². The number of hydrogen-bond acceptors (Lipinski definition) is 4. The minimum absolute atomic E-state index is 0.00235. The Kier molecular flexibility index (Phi) is 4.85. The van der Waals surface area contributed by atoms with Crippen LogP contribution in [0, 0.1) is 13.8 Å². The first-order valence-electron chi connectivity index (χ1n) is 9.02. The Labute approximate surface area is 173 Å². The van der Waals surface area contributed by atoms with Crippen molar-refractivity contribution in [3.8, 4) is 17.0 Å². The summed E-state index contributed by atoms with van der Waals surface area (Å²) in [5.41, 5.74) is -0.480. The van der Waals surface area contributed by atoms with E-state index in [9.17, 15) is 23.1 Å². The summed E-state index contributed by atoms with van der Waals surface area (Å²) in [7, 11) is 0. The van der Waals surface area contributed by atoms with Crippen molar-refractivity contribution in [1.82, 2.24) is 9.38 Å². The summed E-state index contributed by atoms with van der Waals surface area (Å²) in [6, 6.07) is 7.88. The van der Waals surface area contributed by atoms with Crippen molar-refractivity contribution in [2.45, 2.75) is 26.6 Å². The van der Waals surface area contributed by atoms with Gasteiger partial charge >= 0.3 is 11.7 Å².